The summed E-state index contributed by atoms with van der Waals surface area (Å²) in [7, 11) is 0. The molecule has 0 unspecified atom stereocenters. The minimum absolute atomic E-state index is 0.231. The van der Waals surface area contributed by atoms with Crippen molar-refractivity contribution in [1.82, 2.24) is 0 Å². The van der Waals surface area contributed by atoms with Crippen LogP contribution in [-0.2, 0) is 0 Å². The van der Waals surface area contributed by atoms with Gasteiger partial charge < -0.3 is 10.5 Å². The van der Waals surface area contributed by atoms with Crippen molar-refractivity contribution in [3.63, 3.8) is 0 Å². The van der Waals surface area contributed by atoms with Gasteiger partial charge in [0.15, 0.2) is 0 Å². The highest BCUT2D eigenvalue weighted by Crippen LogP contribution is 2.38. The van der Waals surface area contributed by atoms with Crippen LogP contribution in [0.4, 0.5) is 0 Å². The molecule has 2 rings (SSSR count). The summed E-state index contributed by atoms with van der Waals surface area (Å²) in [5.74, 6) is 1.05. The summed E-state index contributed by atoms with van der Waals surface area (Å²) in [4.78, 5) is 0. The van der Waals surface area contributed by atoms with Crippen LogP contribution in [-0.4, -0.2) is 13.2 Å². The first-order valence-corrected chi connectivity index (χ1v) is 6.56. The van der Waals surface area contributed by atoms with Crippen molar-refractivity contribution < 1.29 is 4.74 Å². The van der Waals surface area contributed by atoms with Gasteiger partial charge in [0.1, 0.15) is 5.75 Å². The molecule has 0 bridgehead atoms. The predicted octanol–water partition coefficient (Wildman–Crippen LogP) is 3.20. The van der Waals surface area contributed by atoms with Gasteiger partial charge in [-0.3, -0.25) is 0 Å². The van der Waals surface area contributed by atoms with E-state index >= 15 is 0 Å². The third kappa shape index (κ3) is 2.63. The maximum absolute atomic E-state index is 6.07. The highest BCUT2D eigenvalue weighted by Gasteiger charge is 2.33. The number of nitrogens with two attached hydrogens (primary N) is 1. The number of benzene rings is 1. The maximum Gasteiger partial charge on any atom is 0.125 e. The molecule has 0 spiro atoms. The van der Waals surface area contributed by atoms with Crippen molar-refractivity contribution in [2.45, 2.75) is 39.5 Å². The fourth-order valence-electron chi connectivity index (χ4n) is 2.78. The molecule has 0 saturated heterocycles. The average Bonchev–Trinajstić information content (AvgIpc) is 2.78. The first kappa shape index (κ1) is 12.4. The molecule has 1 saturated carbocycles. The predicted molar refractivity (Wildman–Crippen MR) is 71.4 cm³/mol. The molecule has 0 atom stereocenters. The average molecular weight is 233 g/mol. The lowest BCUT2D eigenvalue weighted by Gasteiger charge is -2.27. The summed E-state index contributed by atoms with van der Waals surface area (Å²) in [5.41, 5.74) is 8.60. The second-order valence-corrected chi connectivity index (χ2v) is 5.42. The first-order valence-electron chi connectivity index (χ1n) is 6.56. The van der Waals surface area contributed by atoms with E-state index in [1.54, 1.807) is 0 Å². The minimum atomic E-state index is 0.231. The molecule has 1 aliphatic carbocycles. The van der Waals surface area contributed by atoms with E-state index in [4.69, 9.17) is 10.5 Å². The minimum Gasteiger partial charge on any atom is -0.492 e. The Kier molecular flexibility index (Phi) is 3.72. The van der Waals surface area contributed by atoms with Gasteiger partial charge in [0.25, 0.3) is 0 Å². The molecule has 1 aromatic rings. The molecule has 1 aromatic carbocycles. The normalized spacial score (nSPS) is 18.3. The Morgan fingerprint density at radius 1 is 1.18 bits per heavy atom. The van der Waals surface area contributed by atoms with Crippen LogP contribution >= 0.6 is 0 Å². The Bertz CT molecular complexity index is 360. The molecule has 17 heavy (non-hydrogen) atoms. The maximum atomic E-state index is 6.07. The molecule has 1 aliphatic rings. The van der Waals surface area contributed by atoms with E-state index in [1.165, 1.54) is 36.8 Å². The van der Waals surface area contributed by atoms with Gasteiger partial charge in [-0.05, 0) is 37.8 Å². The Hall–Kier alpha value is -1.02. The molecule has 0 aromatic heterocycles. The molecule has 2 N–H and O–H groups in total. The number of ether oxygens (including phenoxy) is 1. The van der Waals surface area contributed by atoms with Crippen molar-refractivity contribution in [2.24, 2.45) is 11.1 Å². The van der Waals surface area contributed by atoms with E-state index in [9.17, 15) is 0 Å². The molecule has 0 amide bonds. The highest BCUT2D eigenvalue weighted by atomic mass is 16.5. The summed E-state index contributed by atoms with van der Waals surface area (Å²) in [6, 6.07) is 6.28. The van der Waals surface area contributed by atoms with Crippen molar-refractivity contribution in [1.29, 1.82) is 0 Å². The molecular weight excluding hydrogens is 210 g/mol. The zero-order valence-electron chi connectivity index (χ0n) is 11.0. The summed E-state index contributed by atoms with van der Waals surface area (Å²) < 4.78 is 6.07. The third-order valence-electron chi connectivity index (χ3n) is 4.03. The fourth-order valence-corrected chi connectivity index (χ4v) is 2.78. The van der Waals surface area contributed by atoms with Gasteiger partial charge in [-0.15, -0.1) is 0 Å². The largest absolute Gasteiger partial charge is 0.492 e. The van der Waals surface area contributed by atoms with E-state index in [0.717, 1.165) is 18.9 Å². The second-order valence-electron chi connectivity index (χ2n) is 5.42. The van der Waals surface area contributed by atoms with Gasteiger partial charge in [-0.25, -0.2) is 0 Å². The van der Waals surface area contributed by atoms with E-state index in [1.807, 2.05) is 0 Å². The summed E-state index contributed by atoms with van der Waals surface area (Å²) in [5, 5.41) is 0. The number of hydrogen-bond donors (Lipinski definition) is 1. The van der Waals surface area contributed by atoms with E-state index in [2.05, 4.69) is 32.0 Å². The Morgan fingerprint density at radius 2 is 1.76 bits per heavy atom. The number of rotatable bonds is 4. The van der Waals surface area contributed by atoms with Crippen molar-refractivity contribution in [2.75, 3.05) is 13.2 Å². The zero-order valence-corrected chi connectivity index (χ0v) is 11.0. The van der Waals surface area contributed by atoms with Crippen LogP contribution in [0.15, 0.2) is 18.2 Å². The Balaban J connectivity index is 2.06. The van der Waals surface area contributed by atoms with Gasteiger partial charge in [-0.1, -0.05) is 31.0 Å². The highest BCUT2D eigenvalue weighted by molar-refractivity contribution is 5.39. The van der Waals surface area contributed by atoms with Crippen LogP contribution in [0.1, 0.15) is 36.8 Å². The van der Waals surface area contributed by atoms with E-state index in [-0.39, 0.29) is 5.41 Å². The van der Waals surface area contributed by atoms with Gasteiger partial charge in [0, 0.05) is 12.0 Å². The number of hydrogen-bond acceptors (Lipinski definition) is 2. The lowest BCUT2D eigenvalue weighted by molar-refractivity contribution is 0.155. The molecule has 0 heterocycles. The summed E-state index contributed by atoms with van der Waals surface area (Å²) >= 11 is 0. The van der Waals surface area contributed by atoms with Crippen LogP contribution in [0, 0.1) is 19.3 Å². The van der Waals surface area contributed by atoms with E-state index in [0.29, 0.717) is 0 Å². The monoisotopic (exact) mass is 233 g/mol. The van der Waals surface area contributed by atoms with Crippen molar-refractivity contribution in [3.8, 4) is 5.75 Å². The lowest BCUT2D eigenvalue weighted by atomic mass is 9.87. The van der Waals surface area contributed by atoms with Crippen LogP contribution in [0.2, 0.25) is 0 Å². The van der Waals surface area contributed by atoms with Gasteiger partial charge >= 0.3 is 0 Å². The molecule has 0 radical (unpaired) electrons. The fraction of sp³-hybridized carbons (Fsp3) is 0.600. The quantitative estimate of drug-likeness (QED) is 0.866. The van der Waals surface area contributed by atoms with Crippen LogP contribution in [0.5, 0.6) is 5.75 Å². The number of para-hydroxylation sites is 1. The molecular formula is C15H23NO. The van der Waals surface area contributed by atoms with Crippen molar-refractivity contribution in [3.05, 3.63) is 29.3 Å². The standard InChI is InChI=1S/C15H23NO/c1-12-6-5-7-13(2)14(12)17-11-15(10-16)8-3-4-9-15/h5-7H,3-4,8-11,16H2,1-2H3. The number of aryl methyl sites for hydroxylation is 2. The van der Waals surface area contributed by atoms with Crippen LogP contribution in [0.25, 0.3) is 0 Å². The smallest absolute Gasteiger partial charge is 0.125 e. The molecule has 0 aliphatic heterocycles. The molecule has 2 nitrogen and oxygen atoms in total. The topological polar surface area (TPSA) is 35.2 Å². The van der Waals surface area contributed by atoms with Gasteiger partial charge in [-0.2, -0.15) is 0 Å². The summed E-state index contributed by atoms with van der Waals surface area (Å²) in [6.45, 7) is 5.73. The Labute approximate surface area is 104 Å². The SMILES string of the molecule is Cc1cccc(C)c1OCC1(CN)CCCC1. The van der Waals surface area contributed by atoms with E-state index < -0.39 is 0 Å². The van der Waals surface area contributed by atoms with Crippen LogP contribution in [0.3, 0.4) is 0 Å². The van der Waals surface area contributed by atoms with Gasteiger partial charge in [0.05, 0.1) is 6.61 Å². The first-order chi connectivity index (χ1) is 8.17. The molecule has 1 fully saturated rings. The summed E-state index contributed by atoms with van der Waals surface area (Å²) in [6.07, 6.45) is 5.03. The third-order valence-corrected chi connectivity index (χ3v) is 4.03. The van der Waals surface area contributed by atoms with Crippen LogP contribution < -0.4 is 10.5 Å². The molecule has 2 heteroatoms. The van der Waals surface area contributed by atoms with Gasteiger partial charge in [0.2, 0.25) is 0 Å². The molecule has 94 valence electrons. The Morgan fingerprint density at radius 3 is 2.29 bits per heavy atom. The lowest BCUT2D eigenvalue weighted by Crippen LogP contribution is -2.33. The van der Waals surface area contributed by atoms with Crippen molar-refractivity contribution >= 4 is 0 Å². The second kappa shape index (κ2) is 5.09. The zero-order chi connectivity index (χ0) is 12.3.